The Bertz CT molecular complexity index is 675. The first-order valence-corrected chi connectivity index (χ1v) is 9.44. The number of unbranched alkanes of at least 4 members (excludes halogenated alkanes) is 1. The normalized spacial score (nSPS) is 20.3. The molecule has 2 amide bonds. The Hall–Kier alpha value is -2.70. The summed E-state index contributed by atoms with van der Waals surface area (Å²) in [6, 6.07) is 4.33. The average Bonchev–Trinajstić information content (AvgIpc) is 3.12. The van der Waals surface area contributed by atoms with Crippen molar-refractivity contribution in [3.63, 3.8) is 0 Å². The van der Waals surface area contributed by atoms with Crippen molar-refractivity contribution in [2.75, 3.05) is 0 Å². The van der Waals surface area contributed by atoms with Crippen LogP contribution in [0.4, 0.5) is 0 Å². The lowest BCUT2D eigenvalue weighted by Crippen LogP contribution is -2.50. The van der Waals surface area contributed by atoms with Gasteiger partial charge in [0, 0.05) is 18.3 Å². The standard InChI is InChI=1S/C20H27N3O4/c1-2-3-9-17(19(25)23-16-10-6-8-15(16)20(26)27)22-18(24)12-11-14-7-4-5-13-21-14/h4-5,7,11-13,15-17H,2-3,6,8-10H2,1H3,(H,22,24)(H,23,25)(H,26,27)/b12-11+/t15-,16+,17+/m1/s1. The zero-order valence-corrected chi connectivity index (χ0v) is 15.6. The molecule has 146 valence electrons. The third-order valence-corrected chi connectivity index (χ3v) is 4.73. The Morgan fingerprint density at radius 1 is 1.33 bits per heavy atom. The van der Waals surface area contributed by atoms with Gasteiger partial charge in [0.2, 0.25) is 11.8 Å². The van der Waals surface area contributed by atoms with Crippen LogP contribution >= 0.6 is 0 Å². The summed E-state index contributed by atoms with van der Waals surface area (Å²) in [6.45, 7) is 2.01. The highest BCUT2D eigenvalue weighted by Gasteiger charge is 2.35. The number of carboxylic acid groups (broad SMARTS) is 1. The van der Waals surface area contributed by atoms with Crippen molar-refractivity contribution in [3.8, 4) is 0 Å². The average molecular weight is 373 g/mol. The third-order valence-electron chi connectivity index (χ3n) is 4.73. The van der Waals surface area contributed by atoms with Gasteiger partial charge in [-0.1, -0.05) is 32.3 Å². The van der Waals surface area contributed by atoms with Crippen LogP contribution in [0.2, 0.25) is 0 Å². The molecule has 7 heteroatoms. The van der Waals surface area contributed by atoms with E-state index in [-0.39, 0.29) is 17.9 Å². The zero-order chi connectivity index (χ0) is 19.6. The number of pyridine rings is 1. The molecule has 0 aliphatic heterocycles. The van der Waals surface area contributed by atoms with Crippen molar-refractivity contribution in [1.82, 2.24) is 15.6 Å². The third kappa shape index (κ3) is 6.51. The van der Waals surface area contributed by atoms with Crippen LogP contribution in [-0.2, 0) is 14.4 Å². The lowest BCUT2D eigenvalue weighted by Gasteiger charge is -2.22. The first kappa shape index (κ1) is 20.6. The van der Waals surface area contributed by atoms with Crippen molar-refractivity contribution in [2.24, 2.45) is 5.92 Å². The summed E-state index contributed by atoms with van der Waals surface area (Å²) >= 11 is 0. The van der Waals surface area contributed by atoms with Crippen molar-refractivity contribution >= 4 is 23.9 Å². The molecule has 2 rings (SSSR count). The smallest absolute Gasteiger partial charge is 0.308 e. The topological polar surface area (TPSA) is 108 Å². The maximum atomic E-state index is 12.6. The van der Waals surface area contributed by atoms with Gasteiger partial charge in [-0.15, -0.1) is 0 Å². The molecule has 1 saturated carbocycles. The highest BCUT2D eigenvalue weighted by atomic mass is 16.4. The lowest BCUT2D eigenvalue weighted by molar-refractivity contribution is -0.142. The summed E-state index contributed by atoms with van der Waals surface area (Å²) in [5, 5.41) is 14.8. The molecule has 1 heterocycles. The maximum Gasteiger partial charge on any atom is 0.308 e. The SMILES string of the molecule is CCCC[C@H](NC(=O)/C=C/c1ccccn1)C(=O)N[C@H]1CCC[C@H]1C(=O)O. The first-order chi connectivity index (χ1) is 13.0. The lowest BCUT2D eigenvalue weighted by atomic mass is 10.0. The molecule has 0 unspecified atom stereocenters. The van der Waals surface area contributed by atoms with E-state index in [0.717, 1.165) is 19.3 Å². The predicted octanol–water partition coefficient (Wildman–Crippen LogP) is 2.14. The number of rotatable bonds is 9. The minimum absolute atomic E-state index is 0.318. The zero-order valence-electron chi connectivity index (χ0n) is 15.6. The van der Waals surface area contributed by atoms with Gasteiger partial charge in [0.25, 0.3) is 0 Å². The Morgan fingerprint density at radius 3 is 2.81 bits per heavy atom. The van der Waals surface area contributed by atoms with Gasteiger partial charge in [0.1, 0.15) is 6.04 Å². The summed E-state index contributed by atoms with van der Waals surface area (Å²) in [7, 11) is 0. The molecule has 7 nitrogen and oxygen atoms in total. The number of carboxylic acids is 1. The minimum atomic E-state index is -0.884. The molecule has 3 atom stereocenters. The molecule has 0 bridgehead atoms. The fourth-order valence-electron chi connectivity index (χ4n) is 3.24. The summed E-state index contributed by atoms with van der Waals surface area (Å²) in [5.41, 5.74) is 0.650. The maximum absolute atomic E-state index is 12.6. The molecule has 0 saturated heterocycles. The Kier molecular flexibility index (Phi) is 7.98. The van der Waals surface area contributed by atoms with Gasteiger partial charge < -0.3 is 15.7 Å². The molecule has 0 spiro atoms. The van der Waals surface area contributed by atoms with Crippen molar-refractivity contribution in [2.45, 2.75) is 57.5 Å². The quantitative estimate of drug-likeness (QED) is 0.575. The number of hydrogen-bond donors (Lipinski definition) is 3. The van der Waals surface area contributed by atoms with E-state index in [9.17, 15) is 19.5 Å². The van der Waals surface area contributed by atoms with Gasteiger partial charge in [-0.25, -0.2) is 0 Å². The number of aromatic nitrogens is 1. The summed E-state index contributed by atoms with van der Waals surface area (Å²) in [6.07, 6.45) is 8.76. The molecule has 1 aliphatic rings. The van der Waals surface area contributed by atoms with E-state index in [4.69, 9.17) is 0 Å². The van der Waals surface area contributed by atoms with E-state index in [1.807, 2.05) is 13.0 Å². The van der Waals surface area contributed by atoms with Crippen LogP contribution in [0.5, 0.6) is 0 Å². The molecule has 1 fully saturated rings. The highest BCUT2D eigenvalue weighted by Crippen LogP contribution is 2.26. The second kappa shape index (κ2) is 10.4. The fourth-order valence-corrected chi connectivity index (χ4v) is 3.24. The molecule has 1 aromatic heterocycles. The number of nitrogens with one attached hydrogen (secondary N) is 2. The number of amides is 2. The van der Waals surface area contributed by atoms with Gasteiger partial charge in [-0.05, 0) is 37.5 Å². The van der Waals surface area contributed by atoms with Crippen LogP contribution < -0.4 is 10.6 Å². The largest absolute Gasteiger partial charge is 0.481 e. The summed E-state index contributed by atoms with van der Waals surface area (Å²) < 4.78 is 0. The number of carbonyl (C=O) groups is 3. The molecular weight excluding hydrogens is 346 g/mol. The van der Waals surface area contributed by atoms with E-state index in [1.165, 1.54) is 6.08 Å². The summed E-state index contributed by atoms with van der Waals surface area (Å²) in [4.78, 5) is 40.2. The van der Waals surface area contributed by atoms with E-state index in [2.05, 4.69) is 15.6 Å². The van der Waals surface area contributed by atoms with Crippen LogP contribution in [0.1, 0.15) is 51.1 Å². The highest BCUT2D eigenvalue weighted by molar-refractivity contribution is 5.95. The minimum Gasteiger partial charge on any atom is -0.481 e. The van der Waals surface area contributed by atoms with Gasteiger partial charge in [0.05, 0.1) is 11.6 Å². The molecule has 1 aromatic rings. The molecule has 1 aliphatic carbocycles. The van der Waals surface area contributed by atoms with Gasteiger partial charge in [-0.3, -0.25) is 19.4 Å². The van der Waals surface area contributed by atoms with Gasteiger partial charge in [0.15, 0.2) is 0 Å². The van der Waals surface area contributed by atoms with Gasteiger partial charge >= 0.3 is 5.97 Å². The molecule has 0 radical (unpaired) electrons. The fraction of sp³-hybridized carbons (Fsp3) is 0.500. The van der Waals surface area contributed by atoms with Crippen LogP contribution in [0.3, 0.4) is 0 Å². The Labute approximate surface area is 159 Å². The van der Waals surface area contributed by atoms with Crippen LogP contribution in [0.15, 0.2) is 30.5 Å². The second-order valence-corrected chi connectivity index (χ2v) is 6.78. The Balaban J connectivity index is 1.96. The van der Waals surface area contributed by atoms with Crippen LogP contribution in [0.25, 0.3) is 6.08 Å². The Morgan fingerprint density at radius 2 is 2.15 bits per heavy atom. The van der Waals surface area contributed by atoms with Crippen molar-refractivity contribution < 1.29 is 19.5 Å². The van der Waals surface area contributed by atoms with E-state index in [1.54, 1.807) is 24.4 Å². The molecule has 3 N–H and O–H groups in total. The van der Waals surface area contributed by atoms with E-state index < -0.39 is 17.9 Å². The number of hydrogen-bond acceptors (Lipinski definition) is 4. The first-order valence-electron chi connectivity index (χ1n) is 9.44. The molecule has 27 heavy (non-hydrogen) atoms. The van der Waals surface area contributed by atoms with E-state index in [0.29, 0.717) is 25.0 Å². The second-order valence-electron chi connectivity index (χ2n) is 6.78. The van der Waals surface area contributed by atoms with Crippen molar-refractivity contribution in [3.05, 3.63) is 36.2 Å². The van der Waals surface area contributed by atoms with E-state index >= 15 is 0 Å². The van der Waals surface area contributed by atoms with Crippen LogP contribution in [0, 0.1) is 5.92 Å². The number of carbonyl (C=O) groups excluding carboxylic acids is 2. The molecular formula is C20H27N3O4. The molecule has 0 aromatic carbocycles. The van der Waals surface area contributed by atoms with Crippen molar-refractivity contribution in [1.29, 1.82) is 0 Å². The van der Waals surface area contributed by atoms with Gasteiger partial charge in [-0.2, -0.15) is 0 Å². The number of aliphatic carboxylic acids is 1. The number of nitrogens with zero attached hydrogens (tertiary/aromatic N) is 1. The predicted molar refractivity (Wildman–Crippen MR) is 102 cm³/mol. The summed E-state index contributed by atoms with van der Waals surface area (Å²) in [5.74, 6) is -2.13. The van der Waals surface area contributed by atoms with Crippen LogP contribution in [-0.4, -0.2) is 40.0 Å². The monoisotopic (exact) mass is 373 g/mol.